The van der Waals surface area contributed by atoms with Crippen LogP contribution in [-0.4, -0.2) is 35.7 Å². The van der Waals surface area contributed by atoms with Crippen molar-refractivity contribution in [3.05, 3.63) is 21.9 Å². The summed E-state index contributed by atoms with van der Waals surface area (Å²) < 4.78 is 0. The third-order valence-corrected chi connectivity index (χ3v) is 4.17. The second kappa shape index (κ2) is 7.93. The Hall–Kier alpha value is -1.51. The second-order valence-electron chi connectivity index (χ2n) is 4.74. The predicted octanol–water partition coefficient (Wildman–Crippen LogP) is 2.18. The molecule has 0 aromatic carbocycles. The van der Waals surface area contributed by atoms with E-state index in [4.69, 9.17) is 5.11 Å². The van der Waals surface area contributed by atoms with E-state index < -0.39 is 0 Å². The van der Waals surface area contributed by atoms with Crippen LogP contribution in [0.5, 0.6) is 0 Å². The standard InChI is InChI=1S/C15H20N2O2S/c18-10-5-2-6-13-7-11-20-14(13)12-16-15(19)17-8-3-1-4-9-17/h7,11,18H,1,3-5,8-10,12H2,(H,16,19). The van der Waals surface area contributed by atoms with Gasteiger partial charge in [0.1, 0.15) is 0 Å². The summed E-state index contributed by atoms with van der Waals surface area (Å²) in [5.74, 6) is 5.95. The molecule has 0 saturated carbocycles. The number of nitrogens with one attached hydrogen (secondary N) is 1. The number of carbonyl (C=O) groups excluding carboxylic acids is 1. The van der Waals surface area contributed by atoms with Crippen molar-refractivity contribution < 1.29 is 9.90 Å². The first-order chi connectivity index (χ1) is 9.81. The van der Waals surface area contributed by atoms with E-state index in [0.717, 1.165) is 36.4 Å². The summed E-state index contributed by atoms with van der Waals surface area (Å²) in [6.45, 7) is 2.33. The van der Waals surface area contributed by atoms with Crippen LogP contribution < -0.4 is 5.32 Å². The molecule has 0 aliphatic carbocycles. The summed E-state index contributed by atoms with van der Waals surface area (Å²) in [4.78, 5) is 15.0. The number of amides is 2. The fourth-order valence-corrected chi connectivity index (χ4v) is 2.94. The Morgan fingerprint density at radius 3 is 2.95 bits per heavy atom. The second-order valence-corrected chi connectivity index (χ2v) is 5.74. The van der Waals surface area contributed by atoms with Gasteiger partial charge in [0.25, 0.3) is 0 Å². The molecule has 1 aliphatic rings. The van der Waals surface area contributed by atoms with E-state index in [-0.39, 0.29) is 12.6 Å². The Morgan fingerprint density at radius 1 is 1.40 bits per heavy atom. The number of hydrogen-bond acceptors (Lipinski definition) is 3. The lowest BCUT2D eigenvalue weighted by Crippen LogP contribution is -2.42. The summed E-state index contributed by atoms with van der Waals surface area (Å²) in [6.07, 6.45) is 3.91. The topological polar surface area (TPSA) is 52.6 Å². The summed E-state index contributed by atoms with van der Waals surface area (Å²) in [5, 5.41) is 13.7. The molecule has 0 unspecified atom stereocenters. The number of aliphatic hydroxyl groups is 1. The number of piperidine rings is 1. The van der Waals surface area contributed by atoms with Gasteiger partial charge in [-0.15, -0.1) is 11.3 Å². The first kappa shape index (κ1) is 14.9. The summed E-state index contributed by atoms with van der Waals surface area (Å²) in [5.41, 5.74) is 0.947. The normalized spacial score (nSPS) is 14.6. The molecule has 0 spiro atoms. The van der Waals surface area contributed by atoms with Gasteiger partial charge >= 0.3 is 6.03 Å². The molecule has 4 nitrogen and oxygen atoms in total. The minimum absolute atomic E-state index is 0.0207. The van der Waals surface area contributed by atoms with Crippen LogP contribution in [0.15, 0.2) is 11.4 Å². The monoisotopic (exact) mass is 292 g/mol. The molecule has 1 fully saturated rings. The molecule has 1 saturated heterocycles. The van der Waals surface area contributed by atoms with Crippen molar-refractivity contribution in [1.82, 2.24) is 10.2 Å². The number of urea groups is 1. The van der Waals surface area contributed by atoms with Crippen LogP contribution >= 0.6 is 11.3 Å². The molecular formula is C15H20N2O2S. The minimum Gasteiger partial charge on any atom is -0.395 e. The van der Waals surface area contributed by atoms with Gasteiger partial charge in [0.15, 0.2) is 0 Å². The Kier molecular flexibility index (Phi) is 5.90. The fourth-order valence-electron chi connectivity index (χ4n) is 2.17. The van der Waals surface area contributed by atoms with E-state index in [2.05, 4.69) is 17.2 Å². The smallest absolute Gasteiger partial charge is 0.317 e. The molecule has 2 amide bonds. The summed E-state index contributed by atoms with van der Waals surface area (Å²) in [7, 11) is 0. The van der Waals surface area contributed by atoms with E-state index in [0.29, 0.717) is 13.0 Å². The van der Waals surface area contributed by atoms with Gasteiger partial charge in [-0.2, -0.15) is 0 Å². The quantitative estimate of drug-likeness (QED) is 0.839. The molecule has 0 radical (unpaired) electrons. The molecule has 2 rings (SSSR count). The highest BCUT2D eigenvalue weighted by Gasteiger charge is 2.16. The Labute approximate surface area is 123 Å². The van der Waals surface area contributed by atoms with Gasteiger partial charge in [-0.25, -0.2) is 4.79 Å². The highest BCUT2D eigenvalue weighted by atomic mass is 32.1. The van der Waals surface area contributed by atoms with Crippen LogP contribution in [0, 0.1) is 11.8 Å². The van der Waals surface area contributed by atoms with Crippen LogP contribution in [-0.2, 0) is 6.54 Å². The summed E-state index contributed by atoms with van der Waals surface area (Å²) >= 11 is 1.60. The molecule has 108 valence electrons. The van der Waals surface area contributed by atoms with Crippen LogP contribution in [0.1, 0.15) is 36.1 Å². The van der Waals surface area contributed by atoms with Crippen LogP contribution in [0.25, 0.3) is 0 Å². The SMILES string of the molecule is O=C(NCc1sccc1C#CCCO)N1CCCCC1. The van der Waals surface area contributed by atoms with E-state index in [1.165, 1.54) is 6.42 Å². The number of thiophene rings is 1. The van der Waals surface area contributed by atoms with Crippen molar-refractivity contribution >= 4 is 17.4 Å². The molecule has 0 bridgehead atoms. The number of nitrogens with zero attached hydrogens (tertiary/aromatic N) is 1. The zero-order chi connectivity index (χ0) is 14.2. The van der Waals surface area contributed by atoms with Gasteiger partial charge in [0.2, 0.25) is 0 Å². The number of rotatable bonds is 3. The van der Waals surface area contributed by atoms with Gasteiger partial charge in [-0.3, -0.25) is 0 Å². The first-order valence-corrected chi connectivity index (χ1v) is 7.88. The molecule has 2 N–H and O–H groups in total. The van der Waals surface area contributed by atoms with Crippen molar-refractivity contribution in [2.24, 2.45) is 0 Å². The highest BCUT2D eigenvalue weighted by molar-refractivity contribution is 7.10. The Morgan fingerprint density at radius 2 is 2.20 bits per heavy atom. The van der Waals surface area contributed by atoms with E-state index in [9.17, 15) is 4.79 Å². The van der Waals surface area contributed by atoms with E-state index >= 15 is 0 Å². The lowest BCUT2D eigenvalue weighted by atomic mass is 10.1. The van der Waals surface area contributed by atoms with Crippen LogP contribution in [0.4, 0.5) is 4.79 Å². The number of likely N-dealkylation sites (tertiary alicyclic amines) is 1. The van der Waals surface area contributed by atoms with Crippen LogP contribution in [0.2, 0.25) is 0 Å². The highest BCUT2D eigenvalue weighted by Crippen LogP contribution is 2.16. The molecular weight excluding hydrogens is 272 g/mol. The number of aliphatic hydroxyl groups excluding tert-OH is 1. The van der Waals surface area contributed by atoms with Gasteiger partial charge in [0.05, 0.1) is 13.2 Å². The molecule has 1 aromatic rings. The lowest BCUT2D eigenvalue weighted by molar-refractivity contribution is 0.186. The Balaban J connectivity index is 1.86. The maximum Gasteiger partial charge on any atom is 0.317 e. The van der Waals surface area contributed by atoms with Gasteiger partial charge in [0, 0.05) is 30.0 Å². The van der Waals surface area contributed by atoms with Crippen molar-refractivity contribution in [2.45, 2.75) is 32.2 Å². The van der Waals surface area contributed by atoms with E-state index in [1.54, 1.807) is 11.3 Å². The number of carbonyl (C=O) groups is 1. The lowest BCUT2D eigenvalue weighted by Gasteiger charge is -2.26. The third-order valence-electron chi connectivity index (χ3n) is 3.25. The minimum atomic E-state index is 0.0207. The maximum atomic E-state index is 12.0. The third kappa shape index (κ3) is 4.26. The van der Waals surface area contributed by atoms with Crippen molar-refractivity contribution in [3.63, 3.8) is 0 Å². The fraction of sp³-hybridized carbons (Fsp3) is 0.533. The van der Waals surface area contributed by atoms with E-state index in [1.807, 2.05) is 16.3 Å². The Bertz CT molecular complexity index is 495. The van der Waals surface area contributed by atoms with Gasteiger partial charge in [-0.05, 0) is 30.7 Å². The van der Waals surface area contributed by atoms with Gasteiger partial charge < -0.3 is 15.3 Å². The van der Waals surface area contributed by atoms with Crippen molar-refractivity contribution in [2.75, 3.05) is 19.7 Å². The van der Waals surface area contributed by atoms with Crippen molar-refractivity contribution in [3.8, 4) is 11.8 Å². The van der Waals surface area contributed by atoms with Crippen molar-refractivity contribution in [1.29, 1.82) is 0 Å². The zero-order valence-electron chi connectivity index (χ0n) is 11.5. The summed E-state index contributed by atoms with van der Waals surface area (Å²) in [6, 6.07) is 1.98. The molecule has 20 heavy (non-hydrogen) atoms. The molecule has 5 heteroatoms. The van der Waals surface area contributed by atoms with Gasteiger partial charge in [-0.1, -0.05) is 11.8 Å². The predicted molar refractivity (Wildman–Crippen MR) is 80.6 cm³/mol. The molecule has 2 heterocycles. The largest absolute Gasteiger partial charge is 0.395 e. The first-order valence-electron chi connectivity index (χ1n) is 7.00. The number of hydrogen-bond donors (Lipinski definition) is 2. The zero-order valence-corrected chi connectivity index (χ0v) is 12.3. The molecule has 1 aromatic heterocycles. The average molecular weight is 292 g/mol. The average Bonchev–Trinajstić information content (AvgIpc) is 2.93. The molecule has 1 aliphatic heterocycles. The molecule has 0 atom stereocenters. The van der Waals surface area contributed by atoms with Crippen LogP contribution in [0.3, 0.4) is 0 Å². The maximum absolute atomic E-state index is 12.0.